The first-order valence-corrected chi connectivity index (χ1v) is 10.9. The highest BCUT2D eigenvalue weighted by Gasteiger charge is 2.41. The Morgan fingerprint density at radius 3 is 2.66 bits per heavy atom. The second-order valence-corrected chi connectivity index (χ2v) is 9.44. The van der Waals surface area contributed by atoms with E-state index in [1.54, 1.807) is 29.8 Å². The van der Waals surface area contributed by atoms with Gasteiger partial charge in [-0.15, -0.1) is 0 Å². The van der Waals surface area contributed by atoms with E-state index in [9.17, 15) is 12.8 Å². The number of imidazole rings is 1. The van der Waals surface area contributed by atoms with Crippen molar-refractivity contribution in [3.05, 3.63) is 77.5 Å². The average Bonchev–Trinajstić information content (AvgIpc) is 3.29. The molecular weight excluding hydrogens is 415 g/mol. The van der Waals surface area contributed by atoms with E-state index in [0.717, 1.165) is 11.3 Å². The van der Waals surface area contributed by atoms with Crippen molar-refractivity contribution in [2.45, 2.75) is 17.0 Å². The number of aryl methyl sites for hydroxylation is 1. The summed E-state index contributed by atoms with van der Waals surface area (Å²) < 4.78 is 43.0. The Hall–Kier alpha value is -2.42. The third-order valence-corrected chi connectivity index (χ3v) is 6.98. The van der Waals surface area contributed by atoms with Crippen LogP contribution >= 0.6 is 11.6 Å². The molecule has 1 aliphatic rings. The van der Waals surface area contributed by atoms with Crippen LogP contribution in [0.1, 0.15) is 11.5 Å². The molecule has 0 aliphatic carbocycles. The minimum atomic E-state index is -3.76. The molecule has 29 heavy (non-hydrogen) atoms. The Labute approximate surface area is 174 Å². The Morgan fingerprint density at radius 2 is 1.97 bits per heavy atom. The maximum Gasteiger partial charge on any atom is 0.262 e. The first-order valence-electron chi connectivity index (χ1n) is 9.08. The zero-order chi connectivity index (χ0) is 20.6. The van der Waals surface area contributed by atoms with Gasteiger partial charge in [0, 0.05) is 49.0 Å². The zero-order valence-corrected chi connectivity index (χ0v) is 17.2. The number of benzene rings is 2. The molecule has 0 saturated carbocycles. The fourth-order valence-electron chi connectivity index (χ4n) is 3.63. The zero-order valence-electron chi connectivity index (χ0n) is 15.7. The van der Waals surface area contributed by atoms with E-state index in [2.05, 4.69) is 10.3 Å². The van der Waals surface area contributed by atoms with Crippen LogP contribution in [0.4, 0.5) is 10.1 Å². The number of hydrogen-bond acceptors (Lipinski definition) is 4. The van der Waals surface area contributed by atoms with Gasteiger partial charge in [0.1, 0.15) is 5.82 Å². The largest absolute Gasteiger partial charge is 0.380 e. The lowest BCUT2D eigenvalue weighted by atomic mass is 9.94. The van der Waals surface area contributed by atoms with Crippen LogP contribution in [0.25, 0.3) is 0 Å². The summed E-state index contributed by atoms with van der Waals surface area (Å²) in [5.41, 5.74) is 1.52. The van der Waals surface area contributed by atoms with Crippen molar-refractivity contribution in [3.63, 3.8) is 0 Å². The van der Waals surface area contributed by atoms with Crippen LogP contribution in [0.3, 0.4) is 0 Å². The Bertz CT molecular complexity index is 1130. The third-order valence-electron chi connectivity index (χ3n) is 5.03. The molecule has 1 aliphatic heterocycles. The van der Waals surface area contributed by atoms with Crippen LogP contribution < -0.4 is 5.32 Å². The van der Waals surface area contributed by atoms with Gasteiger partial charge in [-0.05, 0) is 35.9 Å². The lowest BCUT2D eigenvalue weighted by molar-refractivity contribution is 0.468. The SMILES string of the molecule is Cn1cnc(S(=O)(=O)N2C[C@H](Nc3cccc(Cl)c3)[C@@H](c3cccc(F)c3)C2)c1. The van der Waals surface area contributed by atoms with Crippen molar-refractivity contribution >= 4 is 27.3 Å². The normalized spacial score (nSPS) is 20.1. The highest BCUT2D eigenvalue weighted by molar-refractivity contribution is 7.89. The minimum absolute atomic E-state index is 0.00129. The molecule has 0 radical (unpaired) electrons. The van der Waals surface area contributed by atoms with Crippen LogP contribution in [0.5, 0.6) is 0 Å². The smallest absolute Gasteiger partial charge is 0.262 e. The van der Waals surface area contributed by atoms with Gasteiger partial charge in [-0.25, -0.2) is 17.8 Å². The molecule has 9 heteroatoms. The topological polar surface area (TPSA) is 67.2 Å². The highest BCUT2D eigenvalue weighted by atomic mass is 35.5. The molecule has 6 nitrogen and oxygen atoms in total. The monoisotopic (exact) mass is 434 g/mol. The van der Waals surface area contributed by atoms with Gasteiger partial charge in [0.25, 0.3) is 10.0 Å². The molecule has 2 atom stereocenters. The van der Waals surface area contributed by atoms with Crippen LogP contribution in [0.15, 0.2) is 66.1 Å². The van der Waals surface area contributed by atoms with Crippen molar-refractivity contribution in [1.82, 2.24) is 13.9 Å². The number of rotatable bonds is 5. The van der Waals surface area contributed by atoms with Crippen molar-refractivity contribution in [1.29, 1.82) is 0 Å². The van der Waals surface area contributed by atoms with Gasteiger partial charge in [-0.1, -0.05) is 29.8 Å². The van der Waals surface area contributed by atoms with Crippen LogP contribution in [-0.2, 0) is 17.1 Å². The van der Waals surface area contributed by atoms with E-state index < -0.39 is 10.0 Å². The second-order valence-electron chi connectivity index (χ2n) is 7.12. The number of halogens is 2. The van der Waals surface area contributed by atoms with Gasteiger partial charge in [0.2, 0.25) is 0 Å². The molecule has 4 rings (SSSR count). The van der Waals surface area contributed by atoms with Gasteiger partial charge in [0.15, 0.2) is 5.03 Å². The predicted octanol–water partition coefficient (Wildman–Crippen LogP) is 3.48. The highest BCUT2D eigenvalue weighted by Crippen LogP contribution is 2.33. The molecule has 1 saturated heterocycles. The Balaban J connectivity index is 1.67. The minimum Gasteiger partial charge on any atom is -0.380 e. The molecule has 0 spiro atoms. The molecule has 2 aromatic carbocycles. The third kappa shape index (κ3) is 4.14. The molecule has 1 fully saturated rings. The maximum atomic E-state index is 13.8. The predicted molar refractivity (Wildman–Crippen MR) is 110 cm³/mol. The molecule has 3 aromatic rings. The first kappa shape index (κ1) is 19.9. The first-order chi connectivity index (χ1) is 13.8. The quantitative estimate of drug-likeness (QED) is 0.667. The van der Waals surface area contributed by atoms with E-state index in [4.69, 9.17) is 11.6 Å². The maximum absolute atomic E-state index is 13.8. The molecule has 2 heterocycles. The van der Waals surface area contributed by atoms with Gasteiger partial charge in [-0.3, -0.25) is 0 Å². The summed E-state index contributed by atoms with van der Waals surface area (Å²) in [6.45, 7) is 0.452. The van der Waals surface area contributed by atoms with E-state index in [0.29, 0.717) is 5.02 Å². The van der Waals surface area contributed by atoms with Gasteiger partial charge in [-0.2, -0.15) is 4.31 Å². The number of anilines is 1. The molecule has 0 amide bonds. The van der Waals surface area contributed by atoms with Crippen molar-refractivity contribution in [2.75, 3.05) is 18.4 Å². The summed E-state index contributed by atoms with van der Waals surface area (Å²) in [6.07, 6.45) is 2.93. The fourth-order valence-corrected chi connectivity index (χ4v) is 5.28. The molecule has 1 aromatic heterocycles. The van der Waals surface area contributed by atoms with Gasteiger partial charge < -0.3 is 9.88 Å². The number of hydrogen-bond donors (Lipinski definition) is 1. The average molecular weight is 435 g/mol. The summed E-state index contributed by atoms with van der Waals surface area (Å²) >= 11 is 6.08. The van der Waals surface area contributed by atoms with E-state index in [1.165, 1.54) is 29.0 Å². The lowest BCUT2D eigenvalue weighted by Gasteiger charge is -2.21. The summed E-state index contributed by atoms with van der Waals surface area (Å²) in [7, 11) is -2.04. The summed E-state index contributed by atoms with van der Waals surface area (Å²) in [5, 5.41) is 3.95. The molecule has 152 valence electrons. The summed E-state index contributed by atoms with van der Waals surface area (Å²) in [5.74, 6) is -0.585. The molecule has 0 unspecified atom stereocenters. The lowest BCUT2D eigenvalue weighted by Crippen LogP contribution is -2.32. The number of sulfonamides is 1. The standard InChI is InChI=1S/C20H20ClFN4O2S/c1-25-12-20(23-13-25)29(27,28)26-10-18(14-4-2-6-16(22)8-14)19(11-26)24-17-7-3-5-15(21)9-17/h2-9,12-13,18-19,24H,10-11H2,1H3/t18-,19+/m1/s1. The van der Waals surface area contributed by atoms with E-state index in [1.807, 2.05) is 18.2 Å². The van der Waals surface area contributed by atoms with Crippen LogP contribution in [0.2, 0.25) is 5.02 Å². The summed E-state index contributed by atoms with van der Waals surface area (Å²) in [6, 6.07) is 13.3. The molecular formula is C20H20ClFN4O2S. The Morgan fingerprint density at radius 1 is 1.17 bits per heavy atom. The van der Waals surface area contributed by atoms with Crippen molar-refractivity contribution in [2.24, 2.45) is 7.05 Å². The Kier molecular flexibility index (Phi) is 5.33. The van der Waals surface area contributed by atoms with Crippen molar-refractivity contribution < 1.29 is 12.8 Å². The second kappa shape index (κ2) is 7.78. The number of nitrogens with zero attached hydrogens (tertiary/aromatic N) is 3. The van der Waals surface area contributed by atoms with E-state index >= 15 is 0 Å². The molecule has 0 bridgehead atoms. The molecule has 1 N–H and O–H groups in total. The van der Waals surface area contributed by atoms with E-state index in [-0.39, 0.29) is 35.9 Å². The van der Waals surface area contributed by atoms with Gasteiger partial charge in [0.05, 0.1) is 6.33 Å². The van der Waals surface area contributed by atoms with Crippen molar-refractivity contribution in [3.8, 4) is 0 Å². The fraction of sp³-hybridized carbons (Fsp3) is 0.250. The van der Waals surface area contributed by atoms with Crippen LogP contribution in [0, 0.1) is 5.82 Å². The summed E-state index contributed by atoms with van der Waals surface area (Å²) in [4.78, 5) is 4.00. The van der Waals surface area contributed by atoms with Gasteiger partial charge >= 0.3 is 0 Å². The number of aromatic nitrogens is 2. The van der Waals surface area contributed by atoms with Crippen LogP contribution in [-0.4, -0.2) is 41.4 Å². The number of nitrogens with one attached hydrogen (secondary N) is 1.